The predicted octanol–water partition coefficient (Wildman–Crippen LogP) is 3.06. The molecule has 0 radical (unpaired) electrons. The maximum absolute atomic E-state index is 5.59. The quantitative estimate of drug-likeness (QED) is 0.876. The Hall–Kier alpha value is -0.480. The summed E-state index contributed by atoms with van der Waals surface area (Å²) in [7, 11) is 0. The van der Waals surface area contributed by atoms with Crippen molar-refractivity contribution in [1.29, 1.82) is 0 Å². The Morgan fingerprint density at radius 2 is 2.24 bits per heavy atom. The lowest BCUT2D eigenvalue weighted by Crippen LogP contribution is -2.33. The van der Waals surface area contributed by atoms with Crippen molar-refractivity contribution in [1.82, 2.24) is 10.3 Å². The molecule has 1 fully saturated rings. The minimum Gasteiger partial charge on any atom is -0.444 e. The van der Waals surface area contributed by atoms with Gasteiger partial charge < -0.3 is 9.73 Å². The van der Waals surface area contributed by atoms with Crippen molar-refractivity contribution >= 4 is 11.8 Å². The molecule has 0 aliphatic heterocycles. The number of rotatable bonds is 5. The van der Waals surface area contributed by atoms with E-state index in [9.17, 15) is 0 Å². The maximum atomic E-state index is 5.59. The SMILES string of the molecule is CCSC1CCCC1NCc1nc(C)c(C)o1. The van der Waals surface area contributed by atoms with Crippen molar-refractivity contribution < 1.29 is 4.42 Å². The van der Waals surface area contributed by atoms with Crippen LogP contribution < -0.4 is 5.32 Å². The largest absolute Gasteiger partial charge is 0.444 e. The van der Waals surface area contributed by atoms with Crippen LogP contribution in [0.3, 0.4) is 0 Å². The smallest absolute Gasteiger partial charge is 0.208 e. The van der Waals surface area contributed by atoms with Crippen LogP contribution in [0.1, 0.15) is 43.5 Å². The van der Waals surface area contributed by atoms with Crippen LogP contribution in [0.25, 0.3) is 0 Å². The van der Waals surface area contributed by atoms with E-state index in [0.29, 0.717) is 6.04 Å². The number of oxazole rings is 1. The van der Waals surface area contributed by atoms with Crippen molar-refractivity contribution in [2.75, 3.05) is 5.75 Å². The summed E-state index contributed by atoms with van der Waals surface area (Å²) in [5, 5.41) is 4.37. The van der Waals surface area contributed by atoms with Gasteiger partial charge in [-0.2, -0.15) is 11.8 Å². The molecule has 17 heavy (non-hydrogen) atoms. The third-order valence-electron chi connectivity index (χ3n) is 3.42. The summed E-state index contributed by atoms with van der Waals surface area (Å²) < 4.78 is 5.59. The normalized spacial score (nSPS) is 24.4. The van der Waals surface area contributed by atoms with E-state index in [1.54, 1.807) is 0 Å². The maximum Gasteiger partial charge on any atom is 0.208 e. The molecule has 2 rings (SSSR count). The lowest BCUT2D eigenvalue weighted by atomic mass is 10.2. The lowest BCUT2D eigenvalue weighted by Gasteiger charge is -2.19. The molecule has 0 spiro atoms. The minimum atomic E-state index is 0.632. The number of nitrogens with one attached hydrogen (secondary N) is 1. The molecule has 4 heteroatoms. The molecule has 96 valence electrons. The Labute approximate surface area is 108 Å². The van der Waals surface area contributed by atoms with Gasteiger partial charge in [-0.1, -0.05) is 13.3 Å². The van der Waals surface area contributed by atoms with E-state index in [-0.39, 0.29) is 0 Å². The highest BCUT2D eigenvalue weighted by Gasteiger charge is 2.26. The summed E-state index contributed by atoms with van der Waals surface area (Å²) >= 11 is 2.08. The highest BCUT2D eigenvalue weighted by atomic mass is 32.2. The zero-order valence-corrected chi connectivity index (χ0v) is 11.8. The highest BCUT2D eigenvalue weighted by molar-refractivity contribution is 7.99. The molecule has 2 atom stereocenters. The van der Waals surface area contributed by atoms with Crippen molar-refractivity contribution in [2.24, 2.45) is 0 Å². The van der Waals surface area contributed by atoms with Gasteiger partial charge in [0, 0.05) is 11.3 Å². The minimum absolute atomic E-state index is 0.632. The zero-order chi connectivity index (χ0) is 12.3. The van der Waals surface area contributed by atoms with E-state index in [1.807, 2.05) is 13.8 Å². The first kappa shape index (κ1) is 13.0. The summed E-state index contributed by atoms with van der Waals surface area (Å²) in [5.74, 6) is 2.97. The van der Waals surface area contributed by atoms with Gasteiger partial charge in [-0.3, -0.25) is 0 Å². The van der Waals surface area contributed by atoms with Crippen LogP contribution in [0, 0.1) is 13.8 Å². The summed E-state index contributed by atoms with van der Waals surface area (Å²) in [6.45, 7) is 6.96. The molecule has 1 saturated carbocycles. The van der Waals surface area contributed by atoms with Crippen molar-refractivity contribution in [3.05, 3.63) is 17.3 Å². The molecule has 3 nitrogen and oxygen atoms in total. The Balaban J connectivity index is 1.85. The van der Waals surface area contributed by atoms with Gasteiger partial charge in [0.1, 0.15) is 5.76 Å². The number of hydrogen-bond donors (Lipinski definition) is 1. The van der Waals surface area contributed by atoms with Gasteiger partial charge in [-0.15, -0.1) is 0 Å². The molecule has 1 heterocycles. The summed E-state index contributed by atoms with van der Waals surface area (Å²) in [6.07, 6.45) is 3.98. The first-order valence-corrected chi connectivity index (χ1v) is 7.53. The molecule has 1 aliphatic carbocycles. The van der Waals surface area contributed by atoms with Gasteiger partial charge >= 0.3 is 0 Å². The van der Waals surface area contributed by atoms with Crippen LogP contribution in [0.5, 0.6) is 0 Å². The Bertz CT molecular complexity index is 345. The number of thioether (sulfide) groups is 1. The molecule has 1 aliphatic rings. The van der Waals surface area contributed by atoms with Gasteiger partial charge in [0.2, 0.25) is 5.89 Å². The number of nitrogens with zero attached hydrogens (tertiary/aromatic N) is 1. The van der Waals surface area contributed by atoms with Gasteiger partial charge in [0.15, 0.2) is 0 Å². The molecule has 0 bridgehead atoms. The first-order chi connectivity index (χ1) is 8.20. The second-order valence-corrected chi connectivity index (χ2v) is 6.18. The van der Waals surface area contributed by atoms with Crippen LogP contribution in [0.4, 0.5) is 0 Å². The number of aryl methyl sites for hydroxylation is 2. The molecule has 0 saturated heterocycles. The van der Waals surface area contributed by atoms with Crippen LogP contribution in [0.2, 0.25) is 0 Å². The molecule has 2 unspecified atom stereocenters. The Morgan fingerprint density at radius 3 is 2.88 bits per heavy atom. The summed E-state index contributed by atoms with van der Waals surface area (Å²) in [4.78, 5) is 4.41. The van der Waals surface area contributed by atoms with Gasteiger partial charge in [-0.05, 0) is 32.4 Å². The second-order valence-electron chi connectivity index (χ2n) is 4.66. The number of hydrogen-bond acceptors (Lipinski definition) is 4. The van der Waals surface area contributed by atoms with Crippen LogP contribution in [0.15, 0.2) is 4.42 Å². The van der Waals surface area contributed by atoms with Crippen molar-refractivity contribution in [3.8, 4) is 0 Å². The van der Waals surface area contributed by atoms with E-state index >= 15 is 0 Å². The molecular formula is C13H22N2OS. The standard InChI is InChI=1S/C13H22N2OS/c1-4-17-12-7-5-6-11(12)14-8-13-15-9(2)10(3)16-13/h11-12,14H,4-8H2,1-3H3. The van der Waals surface area contributed by atoms with Crippen molar-refractivity contribution in [3.63, 3.8) is 0 Å². The topological polar surface area (TPSA) is 38.1 Å². The molecule has 0 aromatic carbocycles. The van der Waals surface area contributed by atoms with Crippen LogP contribution in [-0.2, 0) is 6.54 Å². The second kappa shape index (κ2) is 5.91. The van der Waals surface area contributed by atoms with E-state index in [4.69, 9.17) is 4.42 Å². The van der Waals surface area contributed by atoms with Crippen LogP contribution in [-0.4, -0.2) is 22.0 Å². The average Bonchev–Trinajstić information content (AvgIpc) is 2.85. The van der Waals surface area contributed by atoms with E-state index in [2.05, 4.69) is 29.0 Å². The molecular weight excluding hydrogens is 232 g/mol. The molecule has 1 N–H and O–H groups in total. The average molecular weight is 254 g/mol. The number of aromatic nitrogens is 1. The first-order valence-electron chi connectivity index (χ1n) is 6.48. The molecule has 1 aromatic heterocycles. The molecule has 0 amide bonds. The monoisotopic (exact) mass is 254 g/mol. The predicted molar refractivity (Wildman–Crippen MR) is 72.4 cm³/mol. The Morgan fingerprint density at radius 1 is 1.41 bits per heavy atom. The Kier molecular flexibility index (Phi) is 4.51. The highest BCUT2D eigenvalue weighted by Crippen LogP contribution is 2.30. The fraction of sp³-hybridized carbons (Fsp3) is 0.769. The third-order valence-corrected chi connectivity index (χ3v) is 4.75. The van der Waals surface area contributed by atoms with E-state index in [1.165, 1.54) is 25.0 Å². The zero-order valence-electron chi connectivity index (χ0n) is 11.0. The van der Waals surface area contributed by atoms with Gasteiger partial charge in [0.05, 0.1) is 12.2 Å². The van der Waals surface area contributed by atoms with E-state index in [0.717, 1.165) is 29.1 Å². The van der Waals surface area contributed by atoms with E-state index < -0.39 is 0 Å². The third kappa shape index (κ3) is 3.26. The van der Waals surface area contributed by atoms with Gasteiger partial charge in [-0.25, -0.2) is 4.98 Å². The summed E-state index contributed by atoms with van der Waals surface area (Å²) in [5.41, 5.74) is 1.01. The molecule has 1 aromatic rings. The van der Waals surface area contributed by atoms with Crippen LogP contribution >= 0.6 is 11.8 Å². The summed E-state index contributed by atoms with van der Waals surface area (Å²) in [6, 6.07) is 0.632. The van der Waals surface area contributed by atoms with Gasteiger partial charge in [0.25, 0.3) is 0 Å². The fourth-order valence-electron chi connectivity index (χ4n) is 2.41. The van der Waals surface area contributed by atoms with Crippen molar-refractivity contribution in [2.45, 2.75) is 57.9 Å². The lowest BCUT2D eigenvalue weighted by molar-refractivity contribution is 0.424. The fourth-order valence-corrected chi connectivity index (χ4v) is 3.63.